The summed E-state index contributed by atoms with van der Waals surface area (Å²) in [5.41, 5.74) is 5.87. The first-order chi connectivity index (χ1) is 25.6. The highest BCUT2D eigenvalue weighted by molar-refractivity contribution is 5.89. The van der Waals surface area contributed by atoms with Gasteiger partial charge in [0.05, 0.1) is 18.8 Å². The van der Waals surface area contributed by atoms with Gasteiger partial charge in [-0.2, -0.15) is 0 Å². The van der Waals surface area contributed by atoms with Crippen LogP contribution in [0.25, 0.3) is 0 Å². The van der Waals surface area contributed by atoms with Gasteiger partial charge in [0.2, 0.25) is 0 Å². The van der Waals surface area contributed by atoms with Gasteiger partial charge in [0.15, 0.2) is 6.29 Å². The Labute approximate surface area is 305 Å². The summed E-state index contributed by atoms with van der Waals surface area (Å²) >= 11 is 0. The first-order valence-electron chi connectivity index (χ1n) is 18.0. The van der Waals surface area contributed by atoms with Crippen LogP contribution in [-0.4, -0.2) is 59.8 Å². The van der Waals surface area contributed by atoms with Gasteiger partial charge >= 0.3 is 6.03 Å². The number of urea groups is 1. The molecular formula is C43H46N4O5. The highest BCUT2D eigenvalue weighted by Crippen LogP contribution is 2.38. The quantitative estimate of drug-likeness (QED) is 0.123. The number of ether oxygens (including phenoxy) is 3. The molecule has 3 atom stereocenters. The van der Waals surface area contributed by atoms with Gasteiger partial charge in [0.1, 0.15) is 11.5 Å². The number of carbonyl (C=O) groups excluding carboxylic acids is 1. The predicted molar refractivity (Wildman–Crippen MR) is 202 cm³/mol. The van der Waals surface area contributed by atoms with E-state index < -0.39 is 6.29 Å². The van der Waals surface area contributed by atoms with Crippen molar-refractivity contribution >= 4 is 11.7 Å². The molecule has 9 heteroatoms. The van der Waals surface area contributed by atoms with Crippen LogP contribution in [0.5, 0.6) is 11.5 Å². The van der Waals surface area contributed by atoms with Crippen molar-refractivity contribution in [3.05, 3.63) is 161 Å². The highest BCUT2D eigenvalue weighted by atomic mass is 16.7. The van der Waals surface area contributed by atoms with Gasteiger partial charge in [-0.15, -0.1) is 0 Å². The number of carbonyl (C=O) groups is 1. The lowest BCUT2D eigenvalue weighted by Crippen LogP contribution is -2.49. The van der Waals surface area contributed by atoms with E-state index in [4.69, 9.17) is 14.2 Å². The van der Waals surface area contributed by atoms with E-state index in [0.717, 1.165) is 73.7 Å². The molecule has 9 nitrogen and oxygen atoms in total. The number of aliphatic hydroxyl groups is 1. The van der Waals surface area contributed by atoms with Gasteiger partial charge in [0, 0.05) is 63.5 Å². The van der Waals surface area contributed by atoms with Crippen LogP contribution < -0.4 is 15.4 Å². The van der Waals surface area contributed by atoms with Crippen LogP contribution in [0.2, 0.25) is 0 Å². The molecule has 0 aromatic heterocycles. The summed E-state index contributed by atoms with van der Waals surface area (Å²) in [7, 11) is 0. The number of hydrogen-bond donors (Lipinski definition) is 3. The van der Waals surface area contributed by atoms with Gasteiger partial charge in [-0.1, -0.05) is 97.1 Å². The van der Waals surface area contributed by atoms with Crippen LogP contribution in [0.1, 0.15) is 46.6 Å². The number of aliphatic hydroxyl groups excluding tert-OH is 1. The topological polar surface area (TPSA) is 95.5 Å². The number of hydrogen-bond acceptors (Lipinski definition) is 7. The number of amides is 2. The Morgan fingerprint density at radius 1 is 0.673 bits per heavy atom. The minimum absolute atomic E-state index is 0.00838. The van der Waals surface area contributed by atoms with Crippen molar-refractivity contribution in [2.24, 2.45) is 0 Å². The lowest BCUT2D eigenvalue weighted by molar-refractivity contribution is -0.253. The van der Waals surface area contributed by atoms with Gasteiger partial charge in [0.25, 0.3) is 0 Å². The molecule has 5 aromatic rings. The Hall–Kier alpha value is -5.03. The number of para-hydroxylation sites is 1. The van der Waals surface area contributed by atoms with Crippen LogP contribution in [0.3, 0.4) is 0 Å². The monoisotopic (exact) mass is 698 g/mol. The third-order valence-electron chi connectivity index (χ3n) is 9.59. The predicted octanol–water partition coefficient (Wildman–Crippen LogP) is 7.66. The number of nitrogens with zero attached hydrogens (tertiary/aromatic N) is 2. The van der Waals surface area contributed by atoms with E-state index in [9.17, 15) is 9.90 Å². The van der Waals surface area contributed by atoms with Crippen molar-refractivity contribution in [1.29, 1.82) is 0 Å². The second-order valence-corrected chi connectivity index (χ2v) is 13.4. The van der Waals surface area contributed by atoms with Gasteiger partial charge in [-0.05, 0) is 58.7 Å². The molecule has 0 radical (unpaired) electrons. The summed E-state index contributed by atoms with van der Waals surface area (Å²) in [6.07, 6.45) is 0.0737. The second-order valence-electron chi connectivity index (χ2n) is 13.4. The third kappa shape index (κ3) is 9.85. The van der Waals surface area contributed by atoms with Gasteiger partial charge in [-0.3, -0.25) is 9.80 Å². The molecule has 0 unspecified atom stereocenters. The number of anilines is 1. The van der Waals surface area contributed by atoms with Crippen molar-refractivity contribution in [2.75, 3.05) is 38.0 Å². The van der Waals surface area contributed by atoms with Crippen molar-refractivity contribution < 1.29 is 24.1 Å². The standard InChI is InChI=1S/C43H46N4O5/c48-31-34-13-15-35(16-14-34)41-27-40(30-47-25-23-46(24-26-47)29-33-7-3-1-4-8-33)51-42(52-41)36-17-11-32(12-18-36)28-44-43(49)45-37-19-21-39(22-20-37)50-38-9-5-2-6-10-38/h1-22,40-42,48H,23-31H2,(H2,44,45,49)/t40-,41+,42+/m1/s1. The lowest BCUT2D eigenvalue weighted by atomic mass is 9.99. The third-order valence-corrected chi connectivity index (χ3v) is 9.59. The van der Waals surface area contributed by atoms with Crippen LogP contribution >= 0.6 is 0 Å². The maximum absolute atomic E-state index is 12.7. The Morgan fingerprint density at radius 2 is 1.29 bits per heavy atom. The number of benzene rings is 5. The van der Waals surface area contributed by atoms with Crippen molar-refractivity contribution in [2.45, 2.75) is 44.6 Å². The van der Waals surface area contributed by atoms with Gasteiger partial charge < -0.3 is 30.0 Å². The molecule has 52 heavy (non-hydrogen) atoms. The minimum Gasteiger partial charge on any atom is -0.457 e. The van der Waals surface area contributed by atoms with Crippen LogP contribution in [0.15, 0.2) is 133 Å². The fourth-order valence-corrected chi connectivity index (χ4v) is 6.67. The molecule has 0 spiro atoms. The van der Waals surface area contributed by atoms with Crippen molar-refractivity contribution in [3.8, 4) is 11.5 Å². The summed E-state index contributed by atoms with van der Waals surface area (Å²) < 4.78 is 19.1. The van der Waals surface area contributed by atoms with E-state index in [1.165, 1.54) is 5.56 Å². The Bertz CT molecular complexity index is 1830. The molecule has 2 heterocycles. The lowest BCUT2D eigenvalue weighted by Gasteiger charge is -2.40. The first kappa shape index (κ1) is 35.4. The van der Waals surface area contributed by atoms with Crippen LogP contribution in [0, 0.1) is 0 Å². The average Bonchev–Trinajstić information content (AvgIpc) is 3.19. The summed E-state index contributed by atoms with van der Waals surface area (Å²) in [4.78, 5) is 17.7. The zero-order valence-corrected chi connectivity index (χ0v) is 29.3. The average molecular weight is 699 g/mol. The zero-order chi connectivity index (χ0) is 35.5. The second kappa shape index (κ2) is 17.5. The summed E-state index contributed by atoms with van der Waals surface area (Å²) in [5, 5.41) is 15.4. The van der Waals surface area contributed by atoms with Crippen molar-refractivity contribution in [1.82, 2.24) is 15.1 Å². The molecule has 2 fully saturated rings. The first-order valence-corrected chi connectivity index (χ1v) is 18.0. The summed E-state index contributed by atoms with van der Waals surface area (Å²) in [6.45, 7) is 6.24. The summed E-state index contributed by atoms with van der Waals surface area (Å²) in [6, 6.07) is 43.2. The Kier molecular flexibility index (Phi) is 11.9. The fourth-order valence-electron chi connectivity index (χ4n) is 6.67. The maximum atomic E-state index is 12.7. The normalized spacial score (nSPS) is 19.5. The SMILES string of the molecule is O=C(NCc1ccc([C@H]2O[C@@H](CN3CCN(Cc4ccccc4)CC3)C[C@@H](c3ccc(CO)cc3)O2)cc1)Nc1ccc(Oc2ccccc2)cc1. The fraction of sp³-hybridized carbons (Fsp3) is 0.279. The number of rotatable bonds is 12. The molecule has 0 aliphatic carbocycles. The van der Waals surface area contributed by atoms with E-state index in [2.05, 4.69) is 50.8 Å². The smallest absolute Gasteiger partial charge is 0.319 e. The van der Waals surface area contributed by atoms with Crippen LogP contribution in [0.4, 0.5) is 10.5 Å². The van der Waals surface area contributed by atoms with E-state index in [1.807, 2.05) is 103 Å². The number of piperazine rings is 1. The maximum Gasteiger partial charge on any atom is 0.319 e. The van der Waals surface area contributed by atoms with E-state index in [-0.39, 0.29) is 24.8 Å². The van der Waals surface area contributed by atoms with E-state index in [1.54, 1.807) is 0 Å². The zero-order valence-electron chi connectivity index (χ0n) is 29.3. The molecular weight excluding hydrogens is 652 g/mol. The molecule has 268 valence electrons. The molecule has 2 saturated heterocycles. The molecule has 7 rings (SSSR count). The molecule has 5 aromatic carbocycles. The number of nitrogens with one attached hydrogen (secondary N) is 2. The Morgan fingerprint density at radius 3 is 1.98 bits per heavy atom. The van der Waals surface area contributed by atoms with Crippen molar-refractivity contribution in [3.63, 3.8) is 0 Å². The summed E-state index contributed by atoms with van der Waals surface area (Å²) in [5.74, 6) is 1.45. The van der Waals surface area contributed by atoms with E-state index >= 15 is 0 Å². The molecule has 0 saturated carbocycles. The molecule has 2 amide bonds. The molecule has 3 N–H and O–H groups in total. The van der Waals surface area contributed by atoms with Gasteiger partial charge in [-0.25, -0.2) is 4.79 Å². The minimum atomic E-state index is -0.528. The largest absolute Gasteiger partial charge is 0.457 e. The Balaban J connectivity index is 0.933. The highest BCUT2D eigenvalue weighted by Gasteiger charge is 2.33. The van der Waals surface area contributed by atoms with Crippen LogP contribution in [-0.2, 0) is 29.2 Å². The van der Waals surface area contributed by atoms with E-state index in [0.29, 0.717) is 18.0 Å². The molecule has 0 bridgehead atoms. The molecule has 2 aliphatic rings. The molecule has 2 aliphatic heterocycles.